The van der Waals surface area contributed by atoms with Gasteiger partial charge in [0.1, 0.15) is 5.75 Å². The lowest BCUT2D eigenvalue weighted by molar-refractivity contribution is 0.271. The average molecular weight is 482 g/mol. The molecule has 1 aromatic heterocycles. The van der Waals surface area contributed by atoms with Crippen LogP contribution in [0.3, 0.4) is 0 Å². The van der Waals surface area contributed by atoms with Gasteiger partial charge in [0.05, 0.1) is 13.2 Å². The Balaban J connectivity index is 0.00000364. The maximum atomic E-state index is 5.72. The van der Waals surface area contributed by atoms with Gasteiger partial charge in [0.25, 0.3) is 0 Å². The Kier molecular flexibility index (Phi) is 11.5. The van der Waals surface area contributed by atoms with Crippen molar-refractivity contribution in [3.63, 3.8) is 0 Å². The fraction of sp³-hybridized carbons (Fsp3) is 0.429. The Morgan fingerprint density at radius 1 is 1.11 bits per heavy atom. The second-order valence-electron chi connectivity index (χ2n) is 6.54. The average Bonchev–Trinajstić information content (AvgIpc) is 2.66. The summed E-state index contributed by atoms with van der Waals surface area (Å²) >= 11 is 0. The van der Waals surface area contributed by atoms with E-state index in [1.807, 2.05) is 36.5 Å². The van der Waals surface area contributed by atoms with Crippen LogP contribution in [0.4, 0.5) is 0 Å². The predicted octanol–water partition coefficient (Wildman–Crippen LogP) is 4.03. The number of hydrogen-bond acceptors (Lipinski definition) is 3. The Morgan fingerprint density at radius 3 is 2.52 bits per heavy atom. The maximum Gasteiger partial charge on any atom is 0.191 e. The fourth-order valence-electron chi connectivity index (χ4n) is 2.32. The molecule has 0 unspecified atom stereocenters. The first-order chi connectivity index (χ1) is 12.7. The topological polar surface area (TPSA) is 58.5 Å². The normalized spacial score (nSPS) is 11.0. The van der Waals surface area contributed by atoms with Crippen LogP contribution in [0.15, 0.2) is 53.7 Å². The molecule has 0 amide bonds. The monoisotopic (exact) mass is 482 g/mol. The highest BCUT2D eigenvalue weighted by molar-refractivity contribution is 14.0. The molecule has 0 saturated heterocycles. The molecule has 0 radical (unpaired) electrons. The molecule has 5 nitrogen and oxygen atoms in total. The number of aromatic nitrogens is 1. The van der Waals surface area contributed by atoms with Gasteiger partial charge in [-0.3, -0.25) is 4.98 Å². The van der Waals surface area contributed by atoms with E-state index in [2.05, 4.69) is 53.5 Å². The molecule has 0 bridgehead atoms. The van der Waals surface area contributed by atoms with Crippen molar-refractivity contribution in [1.29, 1.82) is 0 Å². The van der Waals surface area contributed by atoms with E-state index in [-0.39, 0.29) is 24.0 Å². The highest BCUT2D eigenvalue weighted by Gasteiger charge is 2.00. The minimum Gasteiger partial charge on any atom is -0.493 e. The molecule has 1 heterocycles. The summed E-state index contributed by atoms with van der Waals surface area (Å²) in [7, 11) is 0. The molecule has 0 spiro atoms. The van der Waals surface area contributed by atoms with Gasteiger partial charge in [-0.15, -0.1) is 24.0 Å². The van der Waals surface area contributed by atoms with Gasteiger partial charge < -0.3 is 15.4 Å². The predicted molar refractivity (Wildman–Crippen MR) is 123 cm³/mol. The van der Waals surface area contributed by atoms with E-state index >= 15 is 0 Å². The number of benzene rings is 1. The molecule has 2 N–H and O–H groups in total. The summed E-state index contributed by atoms with van der Waals surface area (Å²) in [5, 5.41) is 6.63. The van der Waals surface area contributed by atoms with Crippen LogP contribution in [0.2, 0.25) is 0 Å². The van der Waals surface area contributed by atoms with Crippen LogP contribution < -0.4 is 15.4 Å². The summed E-state index contributed by atoms with van der Waals surface area (Å²) in [6.45, 7) is 9.35. The molecule has 0 aliphatic rings. The van der Waals surface area contributed by atoms with Crippen LogP contribution in [0.25, 0.3) is 0 Å². The van der Waals surface area contributed by atoms with Crippen LogP contribution in [0.5, 0.6) is 5.75 Å². The second-order valence-corrected chi connectivity index (χ2v) is 6.54. The standard InChI is InChI=1S/C21H30N4O.HI/c1-4-22-21(24-14-12-19-7-5-6-13-23-19)25-15-18-8-10-20(11-9-18)26-16-17(2)3;/h5-11,13,17H,4,12,14-16H2,1-3H3,(H2,22,24,25);1H. The molecule has 0 saturated carbocycles. The number of ether oxygens (including phenoxy) is 1. The molecule has 0 aliphatic heterocycles. The molecule has 0 aliphatic carbocycles. The number of guanidine groups is 1. The summed E-state index contributed by atoms with van der Waals surface area (Å²) in [6, 6.07) is 14.1. The van der Waals surface area contributed by atoms with Gasteiger partial charge >= 0.3 is 0 Å². The zero-order chi connectivity index (χ0) is 18.6. The Morgan fingerprint density at radius 2 is 1.89 bits per heavy atom. The number of aliphatic imine (C=N–C) groups is 1. The van der Waals surface area contributed by atoms with Gasteiger partial charge in [-0.1, -0.05) is 32.0 Å². The highest BCUT2D eigenvalue weighted by atomic mass is 127. The summed E-state index contributed by atoms with van der Waals surface area (Å²) in [5.41, 5.74) is 2.23. The van der Waals surface area contributed by atoms with E-state index in [1.54, 1.807) is 0 Å². The third-order valence-electron chi connectivity index (χ3n) is 3.67. The highest BCUT2D eigenvalue weighted by Crippen LogP contribution is 2.13. The van der Waals surface area contributed by atoms with Crippen molar-refractivity contribution >= 4 is 29.9 Å². The van der Waals surface area contributed by atoms with Crippen molar-refractivity contribution in [2.45, 2.75) is 33.7 Å². The third-order valence-corrected chi connectivity index (χ3v) is 3.67. The van der Waals surface area contributed by atoms with Crippen LogP contribution in [0, 0.1) is 5.92 Å². The van der Waals surface area contributed by atoms with Crippen LogP contribution in [-0.4, -0.2) is 30.6 Å². The Bertz CT molecular complexity index is 660. The second kappa shape index (κ2) is 13.4. The van der Waals surface area contributed by atoms with E-state index in [9.17, 15) is 0 Å². The van der Waals surface area contributed by atoms with Crippen molar-refractivity contribution in [3.8, 4) is 5.75 Å². The summed E-state index contributed by atoms with van der Waals surface area (Å²) < 4.78 is 5.72. The van der Waals surface area contributed by atoms with Crippen molar-refractivity contribution in [2.75, 3.05) is 19.7 Å². The summed E-state index contributed by atoms with van der Waals surface area (Å²) in [5.74, 6) is 2.26. The lowest BCUT2D eigenvalue weighted by atomic mass is 10.2. The molecule has 0 fully saturated rings. The fourth-order valence-corrected chi connectivity index (χ4v) is 2.32. The summed E-state index contributed by atoms with van der Waals surface area (Å²) in [6.07, 6.45) is 2.69. The minimum atomic E-state index is 0. The first-order valence-corrected chi connectivity index (χ1v) is 9.31. The number of hydrogen-bond donors (Lipinski definition) is 2. The quantitative estimate of drug-likeness (QED) is 0.322. The van der Waals surface area contributed by atoms with Gasteiger partial charge in [-0.2, -0.15) is 0 Å². The van der Waals surface area contributed by atoms with Crippen LogP contribution in [-0.2, 0) is 13.0 Å². The van der Waals surface area contributed by atoms with Crippen molar-refractivity contribution in [2.24, 2.45) is 10.9 Å². The zero-order valence-electron chi connectivity index (χ0n) is 16.4. The first-order valence-electron chi connectivity index (χ1n) is 9.31. The number of pyridine rings is 1. The maximum absolute atomic E-state index is 5.72. The van der Waals surface area contributed by atoms with Crippen molar-refractivity contribution < 1.29 is 4.74 Å². The van der Waals surface area contributed by atoms with Gasteiger partial charge in [0.15, 0.2) is 5.96 Å². The smallest absolute Gasteiger partial charge is 0.191 e. The molecular formula is C21H31IN4O. The SMILES string of the molecule is CCNC(=NCc1ccc(OCC(C)C)cc1)NCCc1ccccn1.I. The van der Waals surface area contributed by atoms with E-state index in [1.165, 1.54) is 0 Å². The molecule has 2 rings (SSSR count). The number of rotatable bonds is 9. The van der Waals surface area contributed by atoms with Gasteiger partial charge in [-0.05, 0) is 42.7 Å². The lowest BCUT2D eigenvalue weighted by Gasteiger charge is -2.11. The van der Waals surface area contributed by atoms with E-state index in [4.69, 9.17) is 4.74 Å². The number of halogens is 1. The number of nitrogens with zero attached hydrogens (tertiary/aromatic N) is 2. The van der Waals surface area contributed by atoms with E-state index in [0.29, 0.717) is 12.5 Å². The van der Waals surface area contributed by atoms with E-state index in [0.717, 1.165) is 49.1 Å². The molecule has 148 valence electrons. The molecule has 2 aromatic rings. The number of nitrogens with one attached hydrogen (secondary N) is 2. The van der Waals surface area contributed by atoms with Crippen LogP contribution in [0.1, 0.15) is 32.0 Å². The van der Waals surface area contributed by atoms with Crippen molar-refractivity contribution in [1.82, 2.24) is 15.6 Å². The van der Waals surface area contributed by atoms with E-state index < -0.39 is 0 Å². The van der Waals surface area contributed by atoms with Gasteiger partial charge in [0, 0.05) is 31.4 Å². The summed E-state index contributed by atoms with van der Waals surface area (Å²) in [4.78, 5) is 8.99. The van der Waals surface area contributed by atoms with Gasteiger partial charge in [0.2, 0.25) is 0 Å². The first kappa shape index (κ1) is 23.2. The molecule has 1 aromatic carbocycles. The van der Waals surface area contributed by atoms with Gasteiger partial charge in [-0.25, -0.2) is 4.99 Å². The molecule has 6 heteroatoms. The molecule has 0 atom stereocenters. The molecule has 27 heavy (non-hydrogen) atoms. The van der Waals surface area contributed by atoms with Crippen LogP contribution >= 0.6 is 24.0 Å². The Hall–Kier alpha value is -1.83. The largest absolute Gasteiger partial charge is 0.493 e. The van der Waals surface area contributed by atoms with Crippen molar-refractivity contribution in [3.05, 3.63) is 59.9 Å². The minimum absolute atomic E-state index is 0. The lowest BCUT2D eigenvalue weighted by Crippen LogP contribution is -2.38. The zero-order valence-corrected chi connectivity index (χ0v) is 18.8. The third kappa shape index (κ3) is 9.60. The molecular weight excluding hydrogens is 451 g/mol. The Labute approximate surface area is 180 Å².